The smallest absolute Gasteiger partial charge is 0.262 e. The maximum absolute atomic E-state index is 12.0. The standard InChI is InChI=1S/C19H20N2O3/c1-14-5-2-6-15(11-14)20-18(22)13-24-17-8-3-7-16(12-17)21-10-4-9-19(21)23/h2-3,5-8,11-12H,4,9-10,13H2,1H3,(H,20,22). The van der Waals surface area contributed by atoms with Crippen molar-refractivity contribution in [2.75, 3.05) is 23.4 Å². The molecule has 1 aliphatic heterocycles. The van der Waals surface area contributed by atoms with Gasteiger partial charge in [0, 0.05) is 30.4 Å². The Hall–Kier alpha value is -2.82. The zero-order chi connectivity index (χ0) is 16.9. The van der Waals surface area contributed by atoms with Crippen LogP contribution in [0.2, 0.25) is 0 Å². The maximum atomic E-state index is 12.0. The second-order valence-electron chi connectivity index (χ2n) is 5.85. The molecule has 3 rings (SSSR count). The minimum absolute atomic E-state index is 0.0780. The van der Waals surface area contributed by atoms with E-state index in [0.717, 1.165) is 29.9 Å². The van der Waals surface area contributed by atoms with E-state index >= 15 is 0 Å². The summed E-state index contributed by atoms with van der Waals surface area (Å²) >= 11 is 0. The summed E-state index contributed by atoms with van der Waals surface area (Å²) in [6.45, 7) is 2.62. The molecule has 2 aromatic carbocycles. The first-order valence-electron chi connectivity index (χ1n) is 8.01. The van der Waals surface area contributed by atoms with E-state index in [1.165, 1.54) is 0 Å². The number of amides is 2. The number of nitrogens with zero attached hydrogens (tertiary/aromatic N) is 1. The highest BCUT2D eigenvalue weighted by Gasteiger charge is 2.21. The molecular formula is C19H20N2O3. The van der Waals surface area contributed by atoms with Gasteiger partial charge in [0.1, 0.15) is 5.75 Å². The van der Waals surface area contributed by atoms with Crippen molar-refractivity contribution in [3.05, 3.63) is 54.1 Å². The van der Waals surface area contributed by atoms with Crippen LogP contribution in [0.3, 0.4) is 0 Å². The van der Waals surface area contributed by atoms with E-state index in [0.29, 0.717) is 12.2 Å². The molecule has 1 N–H and O–H groups in total. The van der Waals surface area contributed by atoms with Crippen LogP contribution < -0.4 is 15.0 Å². The Morgan fingerprint density at radius 2 is 2.04 bits per heavy atom. The van der Waals surface area contributed by atoms with Crippen molar-refractivity contribution in [2.24, 2.45) is 0 Å². The summed E-state index contributed by atoms with van der Waals surface area (Å²) in [5, 5.41) is 2.80. The number of anilines is 2. The van der Waals surface area contributed by atoms with Crippen molar-refractivity contribution in [3.8, 4) is 5.75 Å². The molecule has 124 valence electrons. The van der Waals surface area contributed by atoms with Gasteiger partial charge in [-0.1, -0.05) is 18.2 Å². The molecule has 1 aliphatic rings. The molecule has 0 spiro atoms. The molecule has 1 fully saturated rings. The van der Waals surface area contributed by atoms with Gasteiger partial charge in [0.2, 0.25) is 5.91 Å². The van der Waals surface area contributed by atoms with Crippen molar-refractivity contribution in [1.82, 2.24) is 0 Å². The zero-order valence-electron chi connectivity index (χ0n) is 13.6. The molecule has 0 radical (unpaired) electrons. The number of carbonyl (C=O) groups is 2. The average molecular weight is 324 g/mol. The van der Waals surface area contributed by atoms with Crippen molar-refractivity contribution >= 4 is 23.2 Å². The van der Waals surface area contributed by atoms with E-state index in [-0.39, 0.29) is 18.4 Å². The minimum atomic E-state index is -0.219. The van der Waals surface area contributed by atoms with Crippen molar-refractivity contribution < 1.29 is 14.3 Å². The van der Waals surface area contributed by atoms with Gasteiger partial charge in [0.05, 0.1) is 0 Å². The predicted octanol–water partition coefficient (Wildman–Crippen LogP) is 3.14. The topological polar surface area (TPSA) is 58.6 Å². The summed E-state index contributed by atoms with van der Waals surface area (Å²) in [5.74, 6) is 0.485. The molecule has 2 aromatic rings. The van der Waals surface area contributed by atoms with Crippen LogP contribution in [0.4, 0.5) is 11.4 Å². The van der Waals surface area contributed by atoms with Crippen LogP contribution in [0.25, 0.3) is 0 Å². The second-order valence-corrected chi connectivity index (χ2v) is 5.85. The first-order chi connectivity index (χ1) is 11.6. The van der Waals surface area contributed by atoms with Gasteiger partial charge in [0.25, 0.3) is 5.91 Å². The maximum Gasteiger partial charge on any atom is 0.262 e. The summed E-state index contributed by atoms with van der Waals surface area (Å²) in [4.78, 5) is 25.5. The SMILES string of the molecule is Cc1cccc(NC(=O)COc2cccc(N3CCCC3=O)c2)c1. The Bertz CT molecular complexity index is 758. The van der Waals surface area contributed by atoms with E-state index in [1.54, 1.807) is 17.0 Å². The zero-order valence-corrected chi connectivity index (χ0v) is 13.6. The predicted molar refractivity (Wildman–Crippen MR) is 93.3 cm³/mol. The highest BCUT2D eigenvalue weighted by atomic mass is 16.5. The van der Waals surface area contributed by atoms with Crippen molar-refractivity contribution in [3.63, 3.8) is 0 Å². The quantitative estimate of drug-likeness (QED) is 0.919. The number of carbonyl (C=O) groups excluding carboxylic acids is 2. The summed E-state index contributed by atoms with van der Waals surface area (Å²) in [6.07, 6.45) is 1.47. The summed E-state index contributed by atoms with van der Waals surface area (Å²) in [6, 6.07) is 14.9. The lowest BCUT2D eigenvalue weighted by atomic mass is 10.2. The van der Waals surface area contributed by atoms with E-state index in [2.05, 4.69) is 5.32 Å². The van der Waals surface area contributed by atoms with Crippen LogP contribution >= 0.6 is 0 Å². The molecule has 5 nitrogen and oxygen atoms in total. The molecule has 2 amide bonds. The Morgan fingerprint density at radius 3 is 2.79 bits per heavy atom. The largest absolute Gasteiger partial charge is 0.484 e. The first-order valence-corrected chi connectivity index (χ1v) is 8.01. The highest BCUT2D eigenvalue weighted by molar-refractivity contribution is 5.95. The lowest BCUT2D eigenvalue weighted by Crippen LogP contribution is -2.24. The fourth-order valence-corrected chi connectivity index (χ4v) is 2.73. The molecule has 0 atom stereocenters. The van der Waals surface area contributed by atoms with E-state index in [9.17, 15) is 9.59 Å². The van der Waals surface area contributed by atoms with Gasteiger partial charge in [-0.05, 0) is 43.2 Å². The van der Waals surface area contributed by atoms with E-state index in [4.69, 9.17) is 4.74 Å². The van der Waals surface area contributed by atoms with Crippen LogP contribution in [0.5, 0.6) is 5.75 Å². The Morgan fingerprint density at radius 1 is 1.21 bits per heavy atom. The number of hydrogen-bond acceptors (Lipinski definition) is 3. The van der Waals surface area contributed by atoms with Crippen LogP contribution in [-0.4, -0.2) is 25.0 Å². The van der Waals surface area contributed by atoms with E-state index < -0.39 is 0 Å². The Balaban J connectivity index is 1.58. The third-order valence-electron chi connectivity index (χ3n) is 3.87. The fourth-order valence-electron chi connectivity index (χ4n) is 2.73. The van der Waals surface area contributed by atoms with Crippen LogP contribution in [0, 0.1) is 6.92 Å². The van der Waals surface area contributed by atoms with Gasteiger partial charge in [-0.15, -0.1) is 0 Å². The first kappa shape index (κ1) is 16.1. The summed E-state index contributed by atoms with van der Waals surface area (Å²) in [5.41, 5.74) is 2.64. The van der Waals surface area contributed by atoms with Gasteiger partial charge in [-0.2, -0.15) is 0 Å². The number of ether oxygens (including phenoxy) is 1. The van der Waals surface area contributed by atoms with Gasteiger partial charge >= 0.3 is 0 Å². The van der Waals surface area contributed by atoms with Gasteiger partial charge < -0.3 is 15.0 Å². The average Bonchev–Trinajstić information content (AvgIpc) is 2.99. The van der Waals surface area contributed by atoms with Crippen molar-refractivity contribution in [2.45, 2.75) is 19.8 Å². The number of nitrogens with one attached hydrogen (secondary N) is 1. The molecule has 0 unspecified atom stereocenters. The van der Waals surface area contributed by atoms with Crippen molar-refractivity contribution in [1.29, 1.82) is 0 Å². The fraction of sp³-hybridized carbons (Fsp3) is 0.263. The van der Waals surface area contributed by atoms with Gasteiger partial charge in [-0.25, -0.2) is 0 Å². The second kappa shape index (κ2) is 7.17. The molecular weight excluding hydrogens is 304 g/mol. The Labute approximate surface area is 141 Å². The monoisotopic (exact) mass is 324 g/mol. The normalized spacial score (nSPS) is 13.9. The highest BCUT2D eigenvalue weighted by Crippen LogP contribution is 2.25. The molecule has 0 saturated carbocycles. The molecule has 0 bridgehead atoms. The van der Waals surface area contributed by atoms with Gasteiger partial charge in [0.15, 0.2) is 6.61 Å². The van der Waals surface area contributed by atoms with E-state index in [1.807, 2.05) is 43.3 Å². The summed E-state index contributed by atoms with van der Waals surface area (Å²) in [7, 11) is 0. The number of hydrogen-bond donors (Lipinski definition) is 1. The van der Waals surface area contributed by atoms with Crippen LogP contribution in [-0.2, 0) is 9.59 Å². The minimum Gasteiger partial charge on any atom is -0.484 e. The van der Waals surface area contributed by atoms with Crippen LogP contribution in [0.1, 0.15) is 18.4 Å². The Kier molecular flexibility index (Phi) is 4.79. The molecule has 0 aromatic heterocycles. The number of aryl methyl sites for hydroxylation is 1. The molecule has 5 heteroatoms. The number of benzene rings is 2. The lowest BCUT2D eigenvalue weighted by Gasteiger charge is -2.16. The molecule has 1 saturated heterocycles. The number of rotatable bonds is 5. The molecule has 24 heavy (non-hydrogen) atoms. The molecule has 1 heterocycles. The third kappa shape index (κ3) is 3.93. The molecule has 0 aliphatic carbocycles. The summed E-state index contributed by atoms with van der Waals surface area (Å²) < 4.78 is 5.56. The van der Waals surface area contributed by atoms with Crippen LogP contribution in [0.15, 0.2) is 48.5 Å². The lowest BCUT2D eigenvalue weighted by molar-refractivity contribution is -0.118. The van der Waals surface area contributed by atoms with Gasteiger partial charge in [-0.3, -0.25) is 9.59 Å². The third-order valence-corrected chi connectivity index (χ3v) is 3.87.